The van der Waals surface area contributed by atoms with Gasteiger partial charge in [0.2, 0.25) is 0 Å². The van der Waals surface area contributed by atoms with Crippen LogP contribution in [0.15, 0.2) is 21.7 Å². The number of hydrogen-bond donors (Lipinski definition) is 2. The SMILES string of the molecule is Cc1cc(=O)n2[nH]c(-c3nc4nc(C)cc(=O)n4[nH]3)nc2n1. The van der Waals surface area contributed by atoms with E-state index in [9.17, 15) is 9.59 Å². The first-order valence-electron chi connectivity index (χ1n) is 6.44. The average Bonchev–Trinajstić information content (AvgIpc) is 3.01. The molecule has 4 rings (SSSR count). The molecular formula is C12H10N8O2. The number of hydrogen-bond acceptors (Lipinski definition) is 6. The summed E-state index contributed by atoms with van der Waals surface area (Å²) in [6, 6.07) is 2.78. The lowest BCUT2D eigenvalue weighted by Gasteiger charge is -1.90. The van der Waals surface area contributed by atoms with Crippen LogP contribution < -0.4 is 11.1 Å². The summed E-state index contributed by atoms with van der Waals surface area (Å²) in [5, 5.41) is 5.59. The molecule has 4 aromatic rings. The van der Waals surface area contributed by atoms with Crippen molar-refractivity contribution in [3.63, 3.8) is 0 Å². The standard InChI is InChI=1S/C12H10N8O2/c1-5-3-7(21)19-11(13-5)15-9(17-19)10-16-12-14-6(2)4-8(22)20(12)18-10/h3-4H,1-2H3,(H,13,15,17)(H,14,16,18). The molecule has 10 nitrogen and oxygen atoms in total. The Hall–Kier alpha value is -3.30. The first-order valence-corrected chi connectivity index (χ1v) is 6.44. The van der Waals surface area contributed by atoms with Crippen molar-refractivity contribution in [1.82, 2.24) is 39.2 Å². The maximum absolute atomic E-state index is 11.9. The van der Waals surface area contributed by atoms with Crippen molar-refractivity contribution in [2.75, 3.05) is 0 Å². The molecule has 0 saturated heterocycles. The van der Waals surface area contributed by atoms with E-state index in [0.717, 1.165) is 0 Å². The van der Waals surface area contributed by atoms with Gasteiger partial charge in [0.15, 0.2) is 11.6 Å². The normalized spacial score (nSPS) is 11.5. The van der Waals surface area contributed by atoms with Crippen LogP contribution in [0.2, 0.25) is 0 Å². The Balaban J connectivity index is 1.99. The number of rotatable bonds is 1. The molecule has 0 fully saturated rings. The first-order chi connectivity index (χ1) is 10.5. The molecule has 0 aliphatic rings. The van der Waals surface area contributed by atoms with E-state index in [4.69, 9.17) is 0 Å². The van der Waals surface area contributed by atoms with Crippen molar-refractivity contribution in [2.24, 2.45) is 0 Å². The van der Waals surface area contributed by atoms with Gasteiger partial charge in [-0.3, -0.25) is 19.8 Å². The maximum atomic E-state index is 11.9. The summed E-state index contributed by atoms with van der Waals surface area (Å²) in [6.07, 6.45) is 0. The lowest BCUT2D eigenvalue weighted by Crippen LogP contribution is -2.14. The summed E-state index contributed by atoms with van der Waals surface area (Å²) in [6.45, 7) is 3.42. The second-order valence-corrected chi connectivity index (χ2v) is 4.89. The third-order valence-electron chi connectivity index (χ3n) is 3.14. The molecule has 0 spiro atoms. The molecule has 110 valence electrons. The molecule has 22 heavy (non-hydrogen) atoms. The van der Waals surface area contributed by atoms with Crippen molar-refractivity contribution in [1.29, 1.82) is 0 Å². The predicted molar refractivity (Wildman–Crippen MR) is 75.7 cm³/mol. The van der Waals surface area contributed by atoms with Gasteiger partial charge in [0.1, 0.15) is 0 Å². The number of fused-ring (bicyclic) bond motifs is 2. The number of aromatic amines is 2. The smallest absolute Gasteiger partial charge is 0.268 e. The summed E-state index contributed by atoms with van der Waals surface area (Å²) in [5.41, 5.74) is 0.592. The molecule has 10 heteroatoms. The fraction of sp³-hybridized carbons (Fsp3) is 0.167. The molecule has 2 N–H and O–H groups in total. The van der Waals surface area contributed by atoms with Crippen LogP contribution in [-0.4, -0.2) is 39.2 Å². The van der Waals surface area contributed by atoms with Crippen LogP contribution in [0.4, 0.5) is 0 Å². The molecular weight excluding hydrogens is 288 g/mol. The summed E-state index contributed by atoms with van der Waals surface area (Å²) < 4.78 is 2.41. The number of aromatic nitrogens is 8. The fourth-order valence-electron chi connectivity index (χ4n) is 2.20. The number of H-pyrrole nitrogens is 2. The van der Waals surface area contributed by atoms with E-state index in [1.807, 2.05) is 0 Å². The summed E-state index contributed by atoms with van der Waals surface area (Å²) >= 11 is 0. The molecule has 0 saturated carbocycles. The number of aryl methyl sites for hydroxylation is 2. The lowest BCUT2D eigenvalue weighted by molar-refractivity contribution is 0.874. The van der Waals surface area contributed by atoms with Gasteiger partial charge in [-0.2, -0.15) is 19.0 Å². The average molecular weight is 298 g/mol. The van der Waals surface area contributed by atoms with Crippen LogP contribution in [0.5, 0.6) is 0 Å². The highest BCUT2D eigenvalue weighted by molar-refractivity contribution is 5.50. The van der Waals surface area contributed by atoms with Crippen molar-refractivity contribution in [3.05, 3.63) is 44.2 Å². The Labute approximate surface area is 121 Å². The Morgan fingerprint density at radius 1 is 0.773 bits per heavy atom. The van der Waals surface area contributed by atoms with Gasteiger partial charge in [-0.05, 0) is 13.8 Å². The summed E-state index contributed by atoms with van der Waals surface area (Å²) in [7, 11) is 0. The molecule has 0 aliphatic carbocycles. The third-order valence-corrected chi connectivity index (χ3v) is 3.14. The minimum Gasteiger partial charge on any atom is -0.268 e. The monoisotopic (exact) mass is 298 g/mol. The van der Waals surface area contributed by atoms with Crippen molar-refractivity contribution < 1.29 is 0 Å². The van der Waals surface area contributed by atoms with E-state index < -0.39 is 0 Å². The zero-order valence-electron chi connectivity index (χ0n) is 11.7. The highest BCUT2D eigenvalue weighted by atomic mass is 16.1. The van der Waals surface area contributed by atoms with Gasteiger partial charge >= 0.3 is 0 Å². The van der Waals surface area contributed by atoms with E-state index >= 15 is 0 Å². The van der Waals surface area contributed by atoms with E-state index in [-0.39, 0.29) is 34.3 Å². The van der Waals surface area contributed by atoms with E-state index in [1.165, 1.54) is 21.2 Å². The van der Waals surface area contributed by atoms with Gasteiger partial charge in [0, 0.05) is 23.5 Å². The minimum absolute atomic E-state index is 0.233. The van der Waals surface area contributed by atoms with Crippen molar-refractivity contribution in [2.45, 2.75) is 13.8 Å². The van der Waals surface area contributed by atoms with Gasteiger partial charge in [-0.1, -0.05) is 0 Å². The second kappa shape index (κ2) is 4.10. The summed E-state index contributed by atoms with van der Waals surface area (Å²) in [4.78, 5) is 40.5. The largest absolute Gasteiger partial charge is 0.274 e. The predicted octanol–water partition coefficient (Wildman–Crippen LogP) is -0.568. The molecule has 0 unspecified atom stereocenters. The highest BCUT2D eigenvalue weighted by Crippen LogP contribution is 2.10. The quantitative estimate of drug-likeness (QED) is 0.484. The van der Waals surface area contributed by atoms with Crippen LogP contribution in [0.25, 0.3) is 23.2 Å². The fourth-order valence-corrected chi connectivity index (χ4v) is 2.20. The molecule has 4 heterocycles. The zero-order chi connectivity index (χ0) is 15.4. The Morgan fingerprint density at radius 3 is 1.59 bits per heavy atom. The molecule has 0 bridgehead atoms. The van der Waals surface area contributed by atoms with Gasteiger partial charge in [-0.15, -0.1) is 0 Å². The first kappa shape index (κ1) is 12.4. The Morgan fingerprint density at radius 2 is 1.18 bits per heavy atom. The van der Waals surface area contributed by atoms with E-state index in [1.54, 1.807) is 13.8 Å². The van der Waals surface area contributed by atoms with Crippen LogP contribution in [0.1, 0.15) is 11.4 Å². The van der Waals surface area contributed by atoms with Crippen LogP contribution in [0.3, 0.4) is 0 Å². The number of nitrogens with one attached hydrogen (secondary N) is 2. The summed E-state index contributed by atoms with van der Waals surface area (Å²) in [5.74, 6) is 1.05. The van der Waals surface area contributed by atoms with Crippen LogP contribution >= 0.6 is 0 Å². The molecule has 0 atom stereocenters. The number of nitrogens with zero attached hydrogens (tertiary/aromatic N) is 6. The van der Waals surface area contributed by atoms with Gasteiger partial charge in [-0.25, -0.2) is 9.97 Å². The van der Waals surface area contributed by atoms with E-state index in [0.29, 0.717) is 11.4 Å². The zero-order valence-corrected chi connectivity index (χ0v) is 11.7. The maximum Gasteiger partial charge on any atom is 0.274 e. The van der Waals surface area contributed by atoms with Crippen LogP contribution in [0, 0.1) is 13.8 Å². The molecule has 0 aromatic carbocycles. The molecule has 4 aromatic heterocycles. The Bertz CT molecular complexity index is 1050. The molecule has 0 radical (unpaired) electrons. The van der Waals surface area contributed by atoms with E-state index in [2.05, 4.69) is 30.1 Å². The van der Waals surface area contributed by atoms with Gasteiger partial charge in [0.05, 0.1) is 0 Å². The van der Waals surface area contributed by atoms with Gasteiger partial charge < -0.3 is 0 Å². The topological polar surface area (TPSA) is 126 Å². The lowest BCUT2D eigenvalue weighted by atomic mass is 10.5. The highest BCUT2D eigenvalue weighted by Gasteiger charge is 2.13. The molecule has 0 aliphatic heterocycles. The van der Waals surface area contributed by atoms with Gasteiger partial charge in [0.25, 0.3) is 22.7 Å². The Kier molecular flexibility index (Phi) is 2.32. The van der Waals surface area contributed by atoms with Crippen molar-refractivity contribution >= 4 is 11.6 Å². The van der Waals surface area contributed by atoms with Crippen LogP contribution in [-0.2, 0) is 0 Å². The minimum atomic E-state index is -0.275. The van der Waals surface area contributed by atoms with Crippen molar-refractivity contribution in [3.8, 4) is 11.6 Å². The molecule has 0 amide bonds. The third kappa shape index (κ3) is 1.74. The second-order valence-electron chi connectivity index (χ2n) is 4.89.